The number of rotatable bonds is 4. The van der Waals surface area contributed by atoms with Crippen LogP contribution in [0.5, 0.6) is 0 Å². The number of ether oxygens (including phenoxy) is 2. The summed E-state index contributed by atoms with van der Waals surface area (Å²) >= 11 is 2.11. The summed E-state index contributed by atoms with van der Waals surface area (Å²) in [4.78, 5) is 15.2. The Kier molecular flexibility index (Phi) is 5.13. The lowest BCUT2D eigenvalue weighted by Crippen LogP contribution is -2.41. The van der Waals surface area contributed by atoms with E-state index < -0.39 is 16.0 Å². The summed E-state index contributed by atoms with van der Waals surface area (Å²) in [5, 5.41) is 0.497. The molecule has 7 nitrogen and oxygen atoms in total. The summed E-state index contributed by atoms with van der Waals surface area (Å²) in [7, 11) is -3.84. The third-order valence-electron chi connectivity index (χ3n) is 3.76. The predicted octanol–water partition coefficient (Wildman–Crippen LogP) is 1.97. The van der Waals surface area contributed by atoms with E-state index in [2.05, 4.69) is 27.6 Å². The number of fused-ring (bicyclic) bond motifs is 1. The van der Waals surface area contributed by atoms with Crippen molar-refractivity contribution in [3.05, 3.63) is 27.5 Å². The Hall–Kier alpha value is -1.17. The average Bonchev–Trinajstić information content (AvgIpc) is 2.95. The van der Waals surface area contributed by atoms with Crippen molar-refractivity contribution >= 4 is 49.5 Å². The molecule has 9 heteroatoms. The first kappa shape index (κ1) is 17.6. The van der Waals surface area contributed by atoms with Gasteiger partial charge in [-0.3, -0.25) is 0 Å². The molecule has 0 saturated carbocycles. The van der Waals surface area contributed by atoms with E-state index >= 15 is 0 Å². The Morgan fingerprint density at radius 2 is 2.08 bits per heavy atom. The standard InChI is InChI=1S/C15H17IN2O5S/c1-2-23-15(19)13-14(11-9-10(16)3-4-12(11)17-13)24(20,21)18-5-7-22-8-6-18/h3-4,9,17H,2,5-8H2,1H3. The van der Waals surface area contributed by atoms with E-state index in [0.717, 1.165) is 3.57 Å². The van der Waals surface area contributed by atoms with Crippen molar-refractivity contribution < 1.29 is 22.7 Å². The molecule has 2 aromatic rings. The number of hydrogen-bond acceptors (Lipinski definition) is 5. The molecule has 1 aromatic carbocycles. The van der Waals surface area contributed by atoms with Crippen LogP contribution in [-0.4, -0.2) is 56.6 Å². The van der Waals surface area contributed by atoms with Crippen molar-refractivity contribution in [1.29, 1.82) is 0 Å². The molecule has 0 atom stereocenters. The fourth-order valence-corrected chi connectivity index (χ4v) is 4.89. The van der Waals surface area contributed by atoms with Crippen molar-refractivity contribution in [2.45, 2.75) is 11.8 Å². The predicted molar refractivity (Wildman–Crippen MR) is 96.6 cm³/mol. The van der Waals surface area contributed by atoms with Crippen LogP contribution in [0.4, 0.5) is 0 Å². The molecule has 0 bridgehead atoms. The highest BCUT2D eigenvalue weighted by Gasteiger charge is 2.34. The van der Waals surface area contributed by atoms with Crippen LogP contribution in [0.25, 0.3) is 10.9 Å². The van der Waals surface area contributed by atoms with E-state index in [9.17, 15) is 13.2 Å². The number of halogens is 1. The number of nitrogens with one attached hydrogen (secondary N) is 1. The van der Waals surface area contributed by atoms with Crippen molar-refractivity contribution in [3.8, 4) is 0 Å². The first-order valence-corrected chi connectivity index (χ1v) is 10.0. The maximum absolute atomic E-state index is 13.1. The number of hydrogen-bond donors (Lipinski definition) is 1. The number of carbonyl (C=O) groups excluding carboxylic acids is 1. The second-order valence-electron chi connectivity index (χ2n) is 5.26. The Balaban J connectivity index is 2.21. The van der Waals surface area contributed by atoms with Crippen molar-refractivity contribution in [2.24, 2.45) is 0 Å². The van der Waals surface area contributed by atoms with E-state index in [1.54, 1.807) is 19.1 Å². The number of sulfonamides is 1. The molecule has 0 aliphatic carbocycles. The normalized spacial score (nSPS) is 16.4. The van der Waals surface area contributed by atoms with Gasteiger partial charge in [0.25, 0.3) is 0 Å². The molecule has 1 saturated heterocycles. The molecule has 1 N–H and O–H groups in total. The zero-order valence-electron chi connectivity index (χ0n) is 13.0. The third-order valence-corrected chi connectivity index (χ3v) is 6.42. The van der Waals surface area contributed by atoms with E-state index in [4.69, 9.17) is 9.47 Å². The lowest BCUT2D eigenvalue weighted by Gasteiger charge is -2.26. The molecule has 1 aromatic heterocycles. The van der Waals surface area contributed by atoms with Crippen LogP contribution in [-0.2, 0) is 19.5 Å². The summed E-state index contributed by atoms with van der Waals surface area (Å²) in [6.45, 7) is 3.06. The Morgan fingerprint density at radius 1 is 1.38 bits per heavy atom. The number of morpholine rings is 1. The lowest BCUT2D eigenvalue weighted by molar-refractivity contribution is 0.0515. The molecule has 0 spiro atoms. The third kappa shape index (κ3) is 3.17. The van der Waals surface area contributed by atoms with E-state index in [1.807, 2.05) is 6.07 Å². The maximum atomic E-state index is 13.1. The van der Waals surface area contributed by atoms with Gasteiger partial charge in [-0.25, -0.2) is 13.2 Å². The summed E-state index contributed by atoms with van der Waals surface area (Å²) in [6.07, 6.45) is 0. The van der Waals surface area contributed by atoms with Crippen molar-refractivity contribution in [2.75, 3.05) is 32.9 Å². The minimum atomic E-state index is -3.84. The smallest absolute Gasteiger partial charge is 0.356 e. The van der Waals surface area contributed by atoms with Gasteiger partial charge in [0.05, 0.1) is 19.8 Å². The Bertz CT molecular complexity index is 871. The first-order valence-electron chi connectivity index (χ1n) is 7.51. The number of H-pyrrole nitrogens is 1. The van der Waals surface area contributed by atoms with Crippen LogP contribution in [0.15, 0.2) is 23.1 Å². The van der Waals surface area contributed by atoms with Crippen LogP contribution >= 0.6 is 22.6 Å². The molecule has 0 amide bonds. The molecule has 130 valence electrons. The van der Waals surface area contributed by atoms with Crippen LogP contribution in [0, 0.1) is 3.57 Å². The van der Waals surface area contributed by atoms with Gasteiger partial charge < -0.3 is 14.5 Å². The van der Waals surface area contributed by atoms with Gasteiger partial charge >= 0.3 is 5.97 Å². The number of esters is 1. The first-order chi connectivity index (χ1) is 11.4. The lowest BCUT2D eigenvalue weighted by atomic mass is 10.2. The molecule has 1 fully saturated rings. The molecule has 3 rings (SSSR count). The van der Waals surface area contributed by atoms with Gasteiger partial charge in [-0.1, -0.05) is 0 Å². The molecular weight excluding hydrogens is 447 g/mol. The highest BCUT2D eigenvalue weighted by molar-refractivity contribution is 14.1. The largest absolute Gasteiger partial charge is 0.461 e. The maximum Gasteiger partial charge on any atom is 0.356 e. The van der Waals surface area contributed by atoms with Crippen LogP contribution in [0.2, 0.25) is 0 Å². The van der Waals surface area contributed by atoms with Gasteiger partial charge in [0, 0.05) is 27.6 Å². The van der Waals surface area contributed by atoms with Gasteiger partial charge in [0.15, 0.2) is 0 Å². The Labute approximate surface area is 153 Å². The topological polar surface area (TPSA) is 88.7 Å². The molecule has 0 radical (unpaired) electrons. The fraction of sp³-hybridized carbons (Fsp3) is 0.400. The van der Waals surface area contributed by atoms with Gasteiger partial charge in [-0.2, -0.15) is 4.31 Å². The highest BCUT2D eigenvalue weighted by atomic mass is 127. The monoisotopic (exact) mass is 464 g/mol. The van der Waals surface area contributed by atoms with E-state index in [0.29, 0.717) is 24.1 Å². The number of aromatic amines is 1. The number of nitrogens with zero attached hydrogens (tertiary/aromatic N) is 1. The molecule has 1 aliphatic heterocycles. The van der Waals surface area contributed by atoms with Gasteiger partial charge in [0.1, 0.15) is 10.6 Å². The van der Waals surface area contributed by atoms with Crippen molar-refractivity contribution in [3.63, 3.8) is 0 Å². The number of carbonyl (C=O) groups is 1. The molecular formula is C15H17IN2O5S. The summed E-state index contributed by atoms with van der Waals surface area (Å²) in [5.74, 6) is -0.671. The zero-order chi connectivity index (χ0) is 17.3. The van der Waals surface area contributed by atoms with E-state index in [1.165, 1.54) is 4.31 Å². The number of aromatic nitrogens is 1. The second-order valence-corrected chi connectivity index (χ2v) is 8.38. The Morgan fingerprint density at radius 3 is 2.75 bits per heavy atom. The van der Waals surface area contributed by atoms with Crippen LogP contribution in [0.3, 0.4) is 0 Å². The van der Waals surface area contributed by atoms with Crippen molar-refractivity contribution in [1.82, 2.24) is 9.29 Å². The molecule has 1 aliphatic rings. The molecule has 0 unspecified atom stereocenters. The summed E-state index contributed by atoms with van der Waals surface area (Å²) in [5.41, 5.74) is 0.561. The SMILES string of the molecule is CCOC(=O)c1[nH]c2ccc(I)cc2c1S(=O)(=O)N1CCOCC1. The van der Waals surface area contributed by atoms with Gasteiger partial charge in [-0.15, -0.1) is 0 Å². The minimum absolute atomic E-state index is 0.0173. The molecule has 24 heavy (non-hydrogen) atoms. The van der Waals surface area contributed by atoms with Gasteiger partial charge in [-0.05, 0) is 47.7 Å². The van der Waals surface area contributed by atoms with Gasteiger partial charge in [0.2, 0.25) is 10.0 Å². The van der Waals surface area contributed by atoms with E-state index in [-0.39, 0.29) is 30.3 Å². The highest BCUT2D eigenvalue weighted by Crippen LogP contribution is 2.31. The summed E-state index contributed by atoms with van der Waals surface area (Å²) in [6, 6.07) is 5.36. The fourth-order valence-electron chi connectivity index (χ4n) is 2.67. The quantitative estimate of drug-likeness (QED) is 0.553. The second kappa shape index (κ2) is 6.98. The average molecular weight is 464 g/mol. The number of benzene rings is 1. The van der Waals surface area contributed by atoms with Crippen LogP contribution in [0.1, 0.15) is 17.4 Å². The molecule has 2 heterocycles. The van der Waals surface area contributed by atoms with Crippen LogP contribution < -0.4 is 0 Å². The minimum Gasteiger partial charge on any atom is -0.461 e. The zero-order valence-corrected chi connectivity index (χ0v) is 16.0. The summed E-state index contributed by atoms with van der Waals surface area (Å²) < 4.78 is 38.8.